The van der Waals surface area contributed by atoms with Gasteiger partial charge in [-0.05, 0) is 55.3 Å². The van der Waals surface area contributed by atoms with Gasteiger partial charge in [-0.15, -0.1) is 0 Å². The Balaban J connectivity index is 1.42. The molecular formula is C21H19Cl2N3O3S. The number of halogens is 2. The van der Waals surface area contributed by atoms with Crippen molar-refractivity contribution in [2.24, 2.45) is 5.92 Å². The monoisotopic (exact) mass is 463 g/mol. The Hall–Kier alpha value is -2.19. The number of nitrogens with one attached hydrogen (secondary N) is 1. The highest BCUT2D eigenvalue weighted by Crippen LogP contribution is 2.30. The van der Waals surface area contributed by atoms with Crippen LogP contribution in [0.3, 0.4) is 0 Å². The van der Waals surface area contributed by atoms with Crippen molar-refractivity contribution in [3.63, 3.8) is 0 Å². The molecule has 1 amide bonds. The molecule has 1 fully saturated rings. The molecule has 2 aromatic carbocycles. The second kappa shape index (κ2) is 8.51. The Morgan fingerprint density at radius 1 is 1.07 bits per heavy atom. The number of amides is 1. The van der Waals surface area contributed by atoms with Gasteiger partial charge in [-0.2, -0.15) is 4.31 Å². The summed E-state index contributed by atoms with van der Waals surface area (Å²) in [6, 6.07) is 13.7. The molecule has 1 aliphatic heterocycles. The Bertz CT molecular complexity index is 1210. The third kappa shape index (κ3) is 4.30. The topological polar surface area (TPSA) is 79.4 Å². The van der Waals surface area contributed by atoms with Gasteiger partial charge in [-0.25, -0.2) is 8.42 Å². The molecule has 1 saturated heterocycles. The van der Waals surface area contributed by atoms with Crippen molar-refractivity contribution in [1.82, 2.24) is 9.29 Å². The molecule has 1 aromatic heterocycles. The Labute approximate surface area is 184 Å². The molecule has 0 atom stereocenters. The van der Waals surface area contributed by atoms with Gasteiger partial charge < -0.3 is 5.32 Å². The van der Waals surface area contributed by atoms with E-state index in [1.54, 1.807) is 12.3 Å². The van der Waals surface area contributed by atoms with Crippen LogP contribution in [0, 0.1) is 5.92 Å². The highest BCUT2D eigenvalue weighted by atomic mass is 35.5. The zero-order valence-electron chi connectivity index (χ0n) is 15.9. The number of carbonyl (C=O) groups is 1. The second-order valence-electron chi connectivity index (χ2n) is 7.15. The zero-order valence-corrected chi connectivity index (χ0v) is 18.2. The van der Waals surface area contributed by atoms with E-state index < -0.39 is 10.0 Å². The lowest BCUT2D eigenvalue weighted by molar-refractivity contribution is -0.120. The minimum atomic E-state index is -3.77. The van der Waals surface area contributed by atoms with E-state index in [0.29, 0.717) is 23.6 Å². The number of fused-ring (bicyclic) bond motifs is 1. The summed E-state index contributed by atoms with van der Waals surface area (Å²) < 4.78 is 27.2. The van der Waals surface area contributed by atoms with Crippen LogP contribution in [0.5, 0.6) is 0 Å². The highest BCUT2D eigenvalue weighted by Gasteiger charge is 2.33. The molecule has 6 nitrogen and oxygen atoms in total. The molecule has 4 rings (SSSR count). The maximum atomic E-state index is 12.9. The largest absolute Gasteiger partial charge is 0.326 e. The van der Waals surface area contributed by atoms with Crippen LogP contribution in [0.15, 0.2) is 59.6 Å². The van der Waals surface area contributed by atoms with Gasteiger partial charge in [-0.1, -0.05) is 29.3 Å². The highest BCUT2D eigenvalue weighted by molar-refractivity contribution is 7.89. The minimum absolute atomic E-state index is 0.00987. The number of benzene rings is 2. The van der Waals surface area contributed by atoms with Crippen LogP contribution in [-0.2, 0) is 14.8 Å². The zero-order chi connectivity index (χ0) is 21.3. The number of hydrogen-bond donors (Lipinski definition) is 1. The van der Waals surface area contributed by atoms with E-state index in [9.17, 15) is 13.2 Å². The van der Waals surface area contributed by atoms with Crippen molar-refractivity contribution in [2.45, 2.75) is 17.7 Å². The number of carbonyl (C=O) groups excluding carboxylic acids is 1. The summed E-state index contributed by atoms with van der Waals surface area (Å²) in [6.07, 6.45) is 2.58. The van der Waals surface area contributed by atoms with Gasteiger partial charge in [0.25, 0.3) is 0 Å². The molecule has 0 aliphatic carbocycles. The average molecular weight is 464 g/mol. The summed E-state index contributed by atoms with van der Waals surface area (Å²) in [5.74, 6) is -0.382. The van der Waals surface area contributed by atoms with E-state index >= 15 is 0 Å². The third-order valence-corrected chi connectivity index (χ3v) is 7.82. The number of hydrogen-bond acceptors (Lipinski definition) is 4. The summed E-state index contributed by atoms with van der Waals surface area (Å²) in [5, 5.41) is 4.31. The van der Waals surface area contributed by atoms with E-state index in [0.717, 1.165) is 10.9 Å². The smallest absolute Gasteiger partial charge is 0.244 e. The first-order valence-corrected chi connectivity index (χ1v) is 11.6. The molecule has 0 radical (unpaired) electrons. The van der Waals surface area contributed by atoms with Crippen LogP contribution in [0.4, 0.5) is 5.69 Å². The predicted octanol–water partition coefficient (Wildman–Crippen LogP) is 4.58. The van der Waals surface area contributed by atoms with Crippen LogP contribution >= 0.6 is 23.2 Å². The number of nitrogens with zero attached hydrogens (tertiary/aromatic N) is 2. The van der Waals surface area contributed by atoms with Crippen molar-refractivity contribution in [3.05, 3.63) is 64.8 Å². The number of piperidine rings is 1. The Kier molecular flexibility index (Phi) is 5.97. The van der Waals surface area contributed by atoms with Crippen LogP contribution in [-0.4, -0.2) is 36.7 Å². The van der Waals surface area contributed by atoms with E-state index in [-0.39, 0.29) is 34.8 Å². The number of anilines is 1. The molecule has 156 valence electrons. The summed E-state index contributed by atoms with van der Waals surface area (Å²) in [6.45, 7) is 0.482. The SMILES string of the molecule is O=C(Nc1ccc2ncccc2c1)C1CCN(S(=O)(=O)c2cc(Cl)ccc2Cl)CC1. The quantitative estimate of drug-likeness (QED) is 0.613. The van der Waals surface area contributed by atoms with Crippen molar-refractivity contribution in [1.29, 1.82) is 0 Å². The lowest BCUT2D eigenvalue weighted by Crippen LogP contribution is -2.41. The van der Waals surface area contributed by atoms with E-state index in [4.69, 9.17) is 23.2 Å². The van der Waals surface area contributed by atoms with Gasteiger partial charge in [0.15, 0.2) is 0 Å². The predicted molar refractivity (Wildman–Crippen MR) is 118 cm³/mol. The van der Waals surface area contributed by atoms with E-state index in [1.165, 1.54) is 16.4 Å². The molecule has 9 heteroatoms. The standard InChI is InChI=1S/C21H19Cl2N3O3S/c22-16-3-5-18(23)20(13-16)30(28,29)26-10-7-14(8-11-26)21(27)25-17-4-6-19-15(12-17)2-1-9-24-19/h1-6,9,12-14H,7-8,10-11H2,(H,25,27). The lowest BCUT2D eigenvalue weighted by Gasteiger charge is -2.30. The molecule has 3 aromatic rings. The van der Waals surface area contributed by atoms with E-state index in [2.05, 4.69) is 10.3 Å². The summed E-state index contributed by atoms with van der Waals surface area (Å²) in [5.41, 5.74) is 1.55. The summed E-state index contributed by atoms with van der Waals surface area (Å²) in [4.78, 5) is 17.0. The van der Waals surface area contributed by atoms with Gasteiger partial charge >= 0.3 is 0 Å². The van der Waals surface area contributed by atoms with Crippen LogP contribution in [0.1, 0.15) is 12.8 Å². The van der Waals surface area contributed by atoms with Crippen molar-refractivity contribution in [2.75, 3.05) is 18.4 Å². The number of pyridine rings is 1. The maximum absolute atomic E-state index is 12.9. The molecule has 1 N–H and O–H groups in total. The van der Waals surface area contributed by atoms with Gasteiger partial charge in [0, 0.05) is 41.3 Å². The fraction of sp³-hybridized carbons (Fsp3) is 0.238. The molecule has 0 unspecified atom stereocenters. The van der Waals surface area contributed by atoms with Crippen molar-refractivity contribution < 1.29 is 13.2 Å². The second-order valence-corrected chi connectivity index (χ2v) is 9.90. The van der Waals surface area contributed by atoms with Crippen molar-refractivity contribution >= 4 is 55.7 Å². The van der Waals surface area contributed by atoms with Gasteiger partial charge in [-0.3, -0.25) is 9.78 Å². The van der Waals surface area contributed by atoms with Gasteiger partial charge in [0.1, 0.15) is 4.90 Å². The maximum Gasteiger partial charge on any atom is 0.244 e. The number of rotatable bonds is 4. The molecule has 0 saturated carbocycles. The third-order valence-electron chi connectivity index (χ3n) is 5.21. The van der Waals surface area contributed by atoms with Crippen LogP contribution in [0.25, 0.3) is 10.9 Å². The Morgan fingerprint density at radius 3 is 2.60 bits per heavy atom. The lowest BCUT2D eigenvalue weighted by atomic mass is 9.97. The molecular weight excluding hydrogens is 445 g/mol. The van der Waals surface area contributed by atoms with Crippen LogP contribution < -0.4 is 5.32 Å². The van der Waals surface area contributed by atoms with Gasteiger partial charge in [0.05, 0.1) is 10.5 Å². The molecule has 1 aliphatic rings. The fourth-order valence-corrected chi connectivity index (χ4v) is 5.78. The van der Waals surface area contributed by atoms with Crippen LogP contribution in [0.2, 0.25) is 10.0 Å². The molecule has 0 bridgehead atoms. The average Bonchev–Trinajstić information content (AvgIpc) is 2.75. The Morgan fingerprint density at radius 2 is 1.83 bits per heavy atom. The first kappa shape index (κ1) is 21.1. The van der Waals surface area contributed by atoms with Gasteiger partial charge in [0.2, 0.25) is 15.9 Å². The first-order chi connectivity index (χ1) is 14.3. The van der Waals surface area contributed by atoms with Crippen molar-refractivity contribution in [3.8, 4) is 0 Å². The number of aromatic nitrogens is 1. The molecule has 30 heavy (non-hydrogen) atoms. The molecule has 0 spiro atoms. The fourth-order valence-electron chi connectivity index (χ4n) is 3.57. The van der Waals surface area contributed by atoms with E-state index in [1.807, 2.05) is 30.3 Å². The number of sulfonamides is 1. The normalized spacial score (nSPS) is 15.9. The minimum Gasteiger partial charge on any atom is -0.326 e. The molecule has 2 heterocycles. The summed E-state index contributed by atoms with van der Waals surface area (Å²) in [7, 11) is -3.77. The first-order valence-electron chi connectivity index (χ1n) is 9.45. The summed E-state index contributed by atoms with van der Waals surface area (Å²) >= 11 is 12.0.